The summed E-state index contributed by atoms with van der Waals surface area (Å²) >= 11 is 0. The van der Waals surface area contributed by atoms with Gasteiger partial charge >= 0.3 is 6.03 Å². The number of fused-ring (bicyclic) bond motifs is 2. The van der Waals surface area contributed by atoms with Gasteiger partial charge in [0.25, 0.3) is 0 Å². The maximum Gasteiger partial charge on any atom is 0.317 e. The van der Waals surface area contributed by atoms with E-state index in [0.717, 1.165) is 19.3 Å². The summed E-state index contributed by atoms with van der Waals surface area (Å²) in [4.78, 5) is 26.5. The number of nitrogens with one attached hydrogen (secondary N) is 2. The van der Waals surface area contributed by atoms with E-state index in [9.17, 15) is 9.59 Å². The van der Waals surface area contributed by atoms with Crippen LogP contribution in [0, 0.1) is 5.92 Å². The molecule has 6 nitrogen and oxygen atoms in total. The fourth-order valence-corrected chi connectivity index (χ4v) is 3.83. The highest BCUT2D eigenvalue weighted by molar-refractivity contribution is 5.80. The predicted octanol–water partition coefficient (Wildman–Crippen LogP) is 1.25. The second-order valence-electron chi connectivity index (χ2n) is 7.14. The van der Waals surface area contributed by atoms with Crippen molar-refractivity contribution in [3.63, 3.8) is 0 Å². The van der Waals surface area contributed by atoms with E-state index in [-0.39, 0.29) is 36.1 Å². The van der Waals surface area contributed by atoms with Gasteiger partial charge < -0.3 is 20.3 Å². The molecule has 0 aromatic heterocycles. The summed E-state index contributed by atoms with van der Waals surface area (Å²) in [6, 6.07) is 0.470. The molecule has 1 aliphatic carbocycles. The van der Waals surface area contributed by atoms with Gasteiger partial charge in [0, 0.05) is 25.2 Å². The summed E-state index contributed by atoms with van der Waals surface area (Å²) in [6.07, 6.45) is 5.14. The molecule has 2 N–H and O–H groups in total. The molecule has 1 saturated carbocycles. The number of morpholine rings is 1. The molecular weight excluding hydrogens is 282 g/mol. The van der Waals surface area contributed by atoms with Crippen LogP contribution in [-0.2, 0) is 9.53 Å². The molecule has 2 bridgehead atoms. The molecule has 3 fully saturated rings. The Bertz CT molecular complexity index is 434. The summed E-state index contributed by atoms with van der Waals surface area (Å²) in [5.74, 6) is -0.0720. The lowest BCUT2D eigenvalue weighted by molar-refractivity contribution is -0.128. The van der Waals surface area contributed by atoms with Crippen LogP contribution in [0.2, 0.25) is 0 Å². The SMILES string of the molecule is CC(C)NC(=O)[C@H]1C[C@@H]2CN(C(=O)NC3CCCC3)C[C@H]1O2. The van der Waals surface area contributed by atoms with Crippen LogP contribution in [0.25, 0.3) is 0 Å². The highest BCUT2D eigenvalue weighted by atomic mass is 16.5. The van der Waals surface area contributed by atoms with E-state index in [2.05, 4.69) is 10.6 Å². The van der Waals surface area contributed by atoms with Crippen molar-refractivity contribution in [2.75, 3.05) is 13.1 Å². The Morgan fingerprint density at radius 3 is 2.59 bits per heavy atom. The zero-order chi connectivity index (χ0) is 15.7. The number of hydrogen-bond acceptors (Lipinski definition) is 3. The lowest BCUT2D eigenvalue weighted by Gasteiger charge is -2.33. The largest absolute Gasteiger partial charge is 0.370 e. The van der Waals surface area contributed by atoms with Gasteiger partial charge in [-0.05, 0) is 33.1 Å². The highest BCUT2D eigenvalue weighted by Crippen LogP contribution is 2.32. The second kappa shape index (κ2) is 6.44. The van der Waals surface area contributed by atoms with Gasteiger partial charge in [0.2, 0.25) is 5.91 Å². The molecule has 124 valence electrons. The van der Waals surface area contributed by atoms with Gasteiger partial charge in [0.15, 0.2) is 0 Å². The Labute approximate surface area is 131 Å². The molecule has 3 aliphatic rings. The Balaban J connectivity index is 1.55. The molecule has 6 heteroatoms. The number of nitrogens with zero attached hydrogens (tertiary/aromatic N) is 1. The van der Waals surface area contributed by atoms with Crippen molar-refractivity contribution in [2.45, 2.75) is 70.2 Å². The molecule has 3 rings (SSSR count). The molecule has 0 radical (unpaired) electrons. The number of carbonyl (C=O) groups excluding carboxylic acids is 2. The zero-order valence-corrected chi connectivity index (χ0v) is 13.5. The summed E-state index contributed by atoms with van der Waals surface area (Å²) in [5, 5.41) is 6.09. The van der Waals surface area contributed by atoms with E-state index < -0.39 is 0 Å². The molecule has 2 aliphatic heterocycles. The van der Waals surface area contributed by atoms with Gasteiger partial charge in [-0.2, -0.15) is 0 Å². The van der Waals surface area contributed by atoms with Gasteiger partial charge in [0.05, 0.1) is 18.1 Å². The molecular formula is C16H27N3O3. The molecule has 0 aromatic carbocycles. The summed E-state index contributed by atoms with van der Waals surface area (Å²) in [7, 11) is 0. The number of ether oxygens (including phenoxy) is 1. The van der Waals surface area contributed by atoms with E-state index in [1.54, 1.807) is 0 Å². The Morgan fingerprint density at radius 1 is 1.18 bits per heavy atom. The minimum absolute atomic E-state index is 0.00371. The average Bonchev–Trinajstić information content (AvgIpc) is 3.05. The van der Waals surface area contributed by atoms with Gasteiger partial charge in [-0.1, -0.05) is 12.8 Å². The standard InChI is InChI=1S/C16H27N3O3/c1-10(2)17-15(20)13-7-12-8-19(9-14(13)22-12)16(21)18-11-5-3-4-6-11/h10-14H,3-9H2,1-2H3,(H,17,20)(H,18,21)/t12-,13+,14-/m1/s1. The van der Waals surface area contributed by atoms with Crippen LogP contribution in [0.4, 0.5) is 4.79 Å². The maximum absolute atomic E-state index is 12.4. The van der Waals surface area contributed by atoms with Crippen molar-refractivity contribution in [1.29, 1.82) is 0 Å². The average molecular weight is 309 g/mol. The third kappa shape index (κ3) is 3.37. The molecule has 2 saturated heterocycles. The number of carbonyl (C=O) groups is 2. The first-order chi connectivity index (χ1) is 10.5. The molecule has 3 amide bonds. The fraction of sp³-hybridized carbons (Fsp3) is 0.875. The van der Waals surface area contributed by atoms with E-state index in [4.69, 9.17) is 4.74 Å². The number of amides is 3. The van der Waals surface area contributed by atoms with Crippen molar-refractivity contribution in [2.24, 2.45) is 5.92 Å². The topological polar surface area (TPSA) is 70.7 Å². The minimum atomic E-state index is -0.160. The van der Waals surface area contributed by atoms with E-state index in [0.29, 0.717) is 19.1 Å². The molecule has 3 atom stereocenters. The molecule has 0 spiro atoms. The minimum Gasteiger partial charge on any atom is -0.370 e. The number of rotatable bonds is 3. The lowest BCUT2D eigenvalue weighted by Crippen LogP contribution is -2.52. The summed E-state index contributed by atoms with van der Waals surface area (Å²) < 4.78 is 5.88. The first-order valence-electron chi connectivity index (χ1n) is 8.54. The van der Waals surface area contributed by atoms with Crippen LogP contribution >= 0.6 is 0 Å². The van der Waals surface area contributed by atoms with Crippen LogP contribution in [0.3, 0.4) is 0 Å². The maximum atomic E-state index is 12.4. The Kier molecular flexibility index (Phi) is 4.57. The first-order valence-corrected chi connectivity index (χ1v) is 8.54. The van der Waals surface area contributed by atoms with Crippen molar-refractivity contribution >= 4 is 11.9 Å². The van der Waals surface area contributed by atoms with Gasteiger partial charge in [-0.3, -0.25) is 4.79 Å². The molecule has 2 heterocycles. The third-order valence-electron chi connectivity index (χ3n) is 4.89. The molecule has 22 heavy (non-hydrogen) atoms. The molecule has 0 unspecified atom stereocenters. The van der Waals surface area contributed by atoms with Crippen LogP contribution in [0.15, 0.2) is 0 Å². The fourth-order valence-electron chi connectivity index (χ4n) is 3.83. The number of urea groups is 1. The van der Waals surface area contributed by atoms with Crippen LogP contribution < -0.4 is 10.6 Å². The van der Waals surface area contributed by atoms with Gasteiger partial charge in [-0.25, -0.2) is 4.79 Å². The number of likely N-dealkylation sites (tertiary alicyclic amines) is 1. The van der Waals surface area contributed by atoms with Crippen molar-refractivity contribution in [1.82, 2.24) is 15.5 Å². The van der Waals surface area contributed by atoms with Gasteiger partial charge in [0.1, 0.15) is 0 Å². The summed E-state index contributed by atoms with van der Waals surface area (Å²) in [5.41, 5.74) is 0. The molecule has 0 aromatic rings. The van der Waals surface area contributed by atoms with Crippen LogP contribution in [0.5, 0.6) is 0 Å². The van der Waals surface area contributed by atoms with Crippen LogP contribution in [0.1, 0.15) is 46.0 Å². The predicted molar refractivity (Wildman–Crippen MR) is 82.4 cm³/mol. The van der Waals surface area contributed by atoms with E-state index in [1.807, 2.05) is 18.7 Å². The smallest absolute Gasteiger partial charge is 0.317 e. The zero-order valence-electron chi connectivity index (χ0n) is 13.5. The van der Waals surface area contributed by atoms with Gasteiger partial charge in [-0.15, -0.1) is 0 Å². The van der Waals surface area contributed by atoms with Crippen LogP contribution in [-0.4, -0.2) is 54.2 Å². The highest BCUT2D eigenvalue weighted by Gasteiger charge is 2.45. The Hall–Kier alpha value is -1.30. The van der Waals surface area contributed by atoms with Crippen molar-refractivity contribution in [3.8, 4) is 0 Å². The first kappa shape index (κ1) is 15.6. The second-order valence-corrected chi connectivity index (χ2v) is 7.14. The lowest BCUT2D eigenvalue weighted by atomic mass is 9.99. The van der Waals surface area contributed by atoms with Crippen molar-refractivity contribution in [3.05, 3.63) is 0 Å². The Morgan fingerprint density at radius 2 is 1.91 bits per heavy atom. The number of hydrogen-bond donors (Lipinski definition) is 2. The van der Waals surface area contributed by atoms with E-state index in [1.165, 1.54) is 12.8 Å². The normalized spacial score (nSPS) is 31.6. The summed E-state index contributed by atoms with van der Waals surface area (Å²) in [6.45, 7) is 5.04. The van der Waals surface area contributed by atoms with Crippen molar-refractivity contribution < 1.29 is 14.3 Å². The monoisotopic (exact) mass is 309 g/mol. The van der Waals surface area contributed by atoms with E-state index >= 15 is 0 Å². The quantitative estimate of drug-likeness (QED) is 0.824. The third-order valence-corrected chi connectivity index (χ3v) is 4.89.